The smallest absolute Gasteiger partial charge is 0.314 e. The van der Waals surface area contributed by atoms with Crippen LogP contribution in [0.15, 0.2) is 29.4 Å². The number of esters is 1. The summed E-state index contributed by atoms with van der Waals surface area (Å²) in [6, 6.07) is 7.42. The van der Waals surface area contributed by atoms with Crippen molar-refractivity contribution in [2.45, 2.75) is 27.7 Å². The van der Waals surface area contributed by atoms with Gasteiger partial charge in [-0.15, -0.1) is 0 Å². The molecule has 0 bridgehead atoms. The van der Waals surface area contributed by atoms with E-state index in [-0.39, 0.29) is 12.6 Å². The number of aryl methyl sites for hydroxylation is 1. The predicted molar refractivity (Wildman–Crippen MR) is 83.7 cm³/mol. The first kappa shape index (κ1) is 17.7. The lowest BCUT2D eigenvalue weighted by atomic mass is 10.1. The summed E-state index contributed by atoms with van der Waals surface area (Å²) in [4.78, 5) is 23.2. The number of hydrazone groups is 1. The van der Waals surface area contributed by atoms with Gasteiger partial charge in [0.2, 0.25) is 0 Å². The second kappa shape index (κ2) is 8.81. The van der Waals surface area contributed by atoms with E-state index >= 15 is 0 Å². The van der Waals surface area contributed by atoms with Crippen molar-refractivity contribution in [3.05, 3.63) is 29.8 Å². The molecule has 6 heteroatoms. The molecule has 1 aromatic carbocycles. The molecule has 1 aromatic rings. The van der Waals surface area contributed by atoms with Crippen LogP contribution in [0, 0.1) is 12.8 Å². The number of carbonyl (C=O) groups excluding carboxylic acids is 2. The predicted octanol–water partition coefficient (Wildman–Crippen LogP) is 2.07. The van der Waals surface area contributed by atoms with Gasteiger partial charge >= 0.3 is 5.97 Å². The Morgan fingerprint density at radius 3 is 2.64 bits per heavy atom. The highest BCUT2D eigenvalue weighted by Crippen LogP contribution is 2.15. The SMILES string of the molecule is CCOC(=O)[C@@H](C)/C(C)=N\NC(=O)COc1ccccc1C. The van der Waals surface area contributed by atoms with Gasteiger partial charge < -0.3 is 9.47 Å². The number of rotatable bonds is 7. The van der Waals surface area contributed by atoms with Crippen LogP contribution in [0.1, 0.15) is 26.3 Å². The molecule has 1 rings (SSSR count). The van der Waals surface area contributed by atoms with Gasteiger partial charge in [-0.25, -0.2) is 5.43 Å². The molecule has 0 fully saturated rings. The minimum atomic E-state index is -0.502. The lowest BCUT2D eigenvalue weighted by molar-refractivity contribution is -0.145. The highest BCUT2D eigenvalue weighted by atomic mass is 16.5. The number of hydrogen-bond donors (Lipinski definition) is 1. The van der Waals surface area contributed by atoms with E-state index in [4.69, 9.17) is 9.47 Å². The Morgan fingerprint density at radius 2 is 2.00 bits per heavy atom. The van der Waals surface area contributed by atoms with Gasteiger partial charge in [0.25, 0.3) is 5.91 Å². The molecule has 0 heterocycles. The van der Waals surface area contributed by atoms with Crippen LogP contribution >= 0.6 is 0 Å². The van der Waals surface area contributed by atoms with Crippen molar-refractivity contribution in [2.75, 3.05) is 13.2 Å². The van der Waals surface area contributed by atoms with Crippen molar-refractivity contribution in [2.24, 2.45) is 11.0 Å². The number of ether oxygens (including phenoxy) is 2. The molecule has 6 nitrogen and oxygen atoms in total. The standard InChI is InChI=1S/C16H22N2O4/c1-5-21-16(20)12(3)13(4)17-18-15(19)10-22-14-9-7-6-8-11(14)2/h6-9,12H,5,10H2,1-4H3,(H,18,19)/b17-13-/t12-/m0/s1. The zero-order valence-corrected chi connectivity index (χ0v) is 13.4. The Balaban J connectivity index is 2.46. The minimum Gasteiger partial charge on any atom is -0.483 e. The van der Waals surface area contributed by atoms with Crippen LogP contribution in [0.25, 0.3) is 0 Å². The van der Waals surface area contributed by atoms with Gasteiger partial charge in [0.1, 0.15) is 5.75 Å². The molecule has 0 radical (unpaired) electrons. The van der Waals surface area contributed by atoms with E-state index in [1.807, 2.05) is 25.1 Å². The van der Waals surface area contributed by atoms with Crippen molar-refractivity contribution >= 4 is 17.6 Å². The zero-order chi connectivity index (χ0) is 16.5. The normalized spacial score (nSPS) is 12.5. The Bertz CT molecular complexity index is 555. The van der Waals surface area contributed by atoms with E-state index in [1.165, 1.54) is 0 Å². The van der Waals surface area contributed by atoms with Crippen LogP contribution in [0.3, 0.4) is 0 Å². The second-order valence-corrected chi connectivity index (χ2v) is 4.82. The molecule has 0 saturated carbocycles. The summed E-state index contributed by atoms with van der Waals surface area (Å²) >= 11 is 0. The lowest BCUT2D eigenvalue weighted by Crippen LogP contribution is -2.28. The molecule has 0 spiro atoms. The average Bonchev–Trinajstić information content (AvgIpc) is 2.51. The summed E-state index contributed by atoms with van der Waals surface area (Å²) in [6.45, 7) is 7.14. The number of nitrogens with zero attached hydrogens (tertiary/aromatic N) is 1. The van der Waals surface area contributed by atoms with Gasteiger partial charge in [0.05, 0.1) is 12.5 Å². The molecule has 0 aliphatic carbocycles. The van der Waals surface area contributed by atoms with Crippen LogP contribution in [-0.4, -0.2) is 30.8 Å². The van der Waals surface area contributed by atoms with E-state index < -0.39 is 11.8 Å². The fourth-order valence-electron chi connectivity index (χ4n) is 1.58. The number of amides is 1. The van der Waals surface area contributed by atoms with Crippen molar-refractivity contribution < 1.29 is 19.1 Å². The number of carbonyl (C=O) groups is 2. The van der Waals surface area contributed by atoms with E-state index in [0.717, 1.165) is 5.56 Å². The molecule has 0 aromatic heterocycles. The quantitative estimate of drug-likeness (QED) is 0.475. The molecule has 22 heavy (non-hydrogen) atoms. The molecule has 0 unspecified atom stereocenters. The van der Waals surface area contributed by atoms with Gasteiger partial charge in [0, 0.05) is 5.71 Å². The van der Waals surface area contributed by atoms with Crippen molar-refractivity contribution in [1.29, 1.82) is 0 Å². The molecule has 1 amide bonds. The number of benzene rings is 1. The van der Waals surface area contributed by atoms with Crippen LogP contribution in [0.4, 0.5) is 0 Å². The molecule has 1 atom stereocenters. The Kier molecular flexibility index (Phi) is 7.08. The number of para-hydroxylation sites is 1. The molecule has 1 N–H and O–H groups in total. The summed E-state index contributed by atoms with van der Waals surface area (Å²) in [5, 5.41) is 3.90. The summed E-state index contributed by atoms with van der Waals surface area (Å²) in [6.07, 6.45) is 0. The third kappa shape index (κ3) is 5.55. The van der Waals surface area contributed by atoms with Gasteiger partial charge in [0.15, 0.2) is 6.61 Å². The summed E-state index contributed by atoms with van der Waals surface area (Å²) in [7, 11) is 0. The van der Waals surface area contributed by atoms with Crippen molar-refractivity contribution in [3.63, 3.8) is 0 Å². The summed E-state index contributed by atoms with van der Waals surface area (Å²) < 4.78 is 10.3. The Hall–Kier alpha value is -2.37. The minimum absolute atomic E-state index is 0.143. The maximum Gasteiger partial charge on any atom is 0.314 e. The van der Waals surface area contributed by atoms with Crippen LogP contribution < -0.4 is 10.2 Å². The topological polar surface area (TPSA) is 77.0 Å². The number of hydrogen-bond acceptors (Lipinski definition) is 5. The number of nitrogens with one attached hydrogen (secondary N) is 1. The van der Waals surface area contributed by atoms with Gasteiger partial charge in [-0.2, -0.15) is 5.10 Å². The van der Waals surface area contributed by atoms with E-state index in [0.29, 0.717) is 18.1 Å². The first-order valence-electron chi connectivity index (χ1n) is 7.13. The van der Waals surface area contributed by atoms with Gasteiger partial charge in [-0.1, -0.05) is 18.2 Å². The van der Waals surface area contributed by atoms with Crippen molar-refractivity contribution in [3.8, 4) is 5.75 Å². The molecule has 0 saturated heterocycles. The highest BCUT2D eigenvalue weighted by Gasteiger charge is 2.17. The van der Waals surface area contributed by atoms with Gasteiger partial charge in [-0.3, -0.25) is 9.59 Å². The van der Waals surface area contributed by atoms with E-state index in [2.05, 4.69) is 10.5 Å². The zero-order valence-electron chi connectivity index (χ0n) is 13.4. The van der Waals surface area contributed by atoms with Crippen LogP contribution in [0.5, 0.6) is 5.75 Å². The molecule has 0 aliphatic heterocycles. The third-order valence-corrected chi connectivity index (χ3v) is 3.08. The van der Waals surface area contributed by atoms with Crippen molar-refractivity contribution in [1.82, 2.24) is 5.43 Å². The maximum atomic E-state index is 11.7. The lowest BCUT2D eigenvalue weighted by Gasteiger charge is -2.11. The largest absolute Gasteiger partial charge is 0.483 e. The molecular formula is C16H22N2O4. The van der Waals surface area contributed by atoms with Crippen LogP contribution in [-0.2, 0) is 14.3 Å². The fourth-order valence-corrected chi connectivity index (χ4v) is 1.58. The first-order chi connectivity index (χ1) is 10.5. The van der Waals surface area contributed by atoms with E-state index in [1.54, 1.807) is 26.8 Å². The van der Waals surface area contributed by atoms with E-state index in [9.17, 15) is 9.59 Å². The average molecular weight is 306 g/mol. The fraction of sp³-hybridized carbons (Fsp3) is 0.438. The molecular weight excluding hydrogens is 284 g/mol. The van der Waals surface area contributed by atoms with Gasteiger partial charge in [-0.05, 0) is 39.3 Å². The Labute approximate surface area is 130 Å². The second-order valence-electron chi connectivity index (χ2n) is 4.82. The summed E-state index contributed by atoms with van der Waals surface area (Å²) in [5.74, 6) is -0.608. The third-order valence-electron chi connectivity index (χ3n) is 3.08. The Morgan fingerprint density at radius 1 is 1.32 bits per heavy atom. The van der Waals surface area contributed by atoms with Crippen LogP contribution in [0.2, 0.25) is 0 Å². The monoisotopic (exact) mass is 306 g/mol. The first-order valence-corrected chi connectivity index (χ1v) is 7.13. The molecule has 0 aliphatic rings. The maximum absolute atomic E-state index is 11.7. The molecule has 120 valence electrons. The summed E-state index contributed by atoms with van der Waals surface area (Å²) in [5.41, 5.74) is 3.79. The highest BCUT2D eigenvalue weighted by molar-refractivity contribution is 6.00.